The van der Waals surface area contributed by atoms with Crippen LogP contribution in [0.15, 0.2) is 24.5 Å². The van der Waals surface area contributed by atoms with Crippen molar-refractivity contribution in [2.24, 2.45) is 5.73 Å². The lowest BCUT2D eigenvalue weighted by Gasteiger charge is -2.30. The molecule has 1 unspecified atom stereocenters. The van der Waals surface area contributed by atoms with Gasteiger partial charge in [-0.1, -0.05) is 0 Å². The number of nitriles is 1. The van der Waals surface area contributed by atoms with E-state index in [1.54, 1.807) is 12.4 Å². The minimum atomic E-state index is 0.221. The van der Waals surface area contributed by atoms with Crippen LogP contribution in [0.5, 0.6) is 0 Å². The Morgan fingerprint density at radius 3 is 2.71 bits per heavy atom. The lowest BCUT2D eigenvalue weighted by molar-refractivity contribution is 0.195. The van der Waals surface area contributed by atoms with Gasteiger partial charge < -0.3 is 5.73 Å². The monoisotopic (exact) mass is 230 g/mol. The molecule has 0 amide bonds. The molecule has 0 spiro atoms. The lowest BCUT2D eigenvalue weighted by atomic mass is 10.1. The summed E-state index contributed by atoms with van der Waals surface area (Å²) in [6.07, 6.45) is 6.62. The van der Waals surface area contributed by atoms with Gasteiger partial charge >= 0.3 is 0 Å². The number of hydrogen-bond acceptors (Lipinski definition) is 4. The smallest absolute Gasteiger partial charge is 0.0635 e. The van der Waals surface area contributed by atoms with E-state index in [0.29, 0.717) is 19.0 Å². The van der Waals surface area contributed by atoms with Crippen LogP contribution >= 0.6 is 0 Å². The van der Waals surface area contributed by atoms with Crippen molar-refractivity contribution in [2.45, 2.75) is 31.3 Å². The summed E-state index contributed by atoms with van der Waals surface area (Å²) in [6, 6.07) is 7.08. The third kappa shape index (κ3) is 3.02. The van der Waals surface area contributed by atoms with E-state index in [4.69, 9.17) is 11.0 Å². The maximum Gasteiger partial charge on any atom is 0.0635 e. The second-order valence-electron chi connectivity index (χ2n) is 4.41. The highest BCUT2D eigenvalue weighted by atomic mass is 15.2. The zero-order valence-corrected chi connectivity index (χ0v) is 9.92. The number of aromatic nitrogens is 1. The Hall–Kier alpha value is -1.44. The van der Waals surface area contributed by atoms with E-state index >= 15 is 0 Å². The van der Waals surface area contributed by atoms with E-state index in [1.165, 1.54) is 18.4 Å². The topological polar surface area (TPSA) is 65.9 Å². The van der Waals surface area contributed by atoms with Gasteiger partial charge in [0.25, 0.3) is 0 Å². The normalized spacial score (nSPS) is 16.8. The fourth-order valence-corrected chi connectivity index (χ4v) is 2.23. The molecule has 17 heavy (non-hydrogen) atoms. The molecule has 1 heterocycles. The molecule has 0 saturated heterocycles. The van der Waals surface area contributed by atoms with Crippen molar-refractivity contribution in [1.82, 2.24) is 9.88 Å². The first kappa shape index (κ1) is 12.0. The minimum absolute atomic E-state index is 0.221. The highest BCUT2D eigenvalue weighted by Crippen LogP contribution is 2.33. The molecule has 90 valence electrons. The van der Waals surface area contributed by atoms with Crippen molar-refractivity contribution in [3.05, 3.63) is 30.1 Å². The van der Waals surface area contributed by atoms with Gasteiger partial charge in [-0.25, -0.2) is 0 Å². The van der Waals surface area contributed by atoms with Gasteiger partial charge in [-0.05, 0) is 30.5 Å². The first-order valence-corrected chi connectivity index (χ1v) is 6.09. The molecule has 1 fully saturated rings. The van der Waals surface area contributed by atoms with Crippen molar-refractivity contribution in [3.63, 3.8) is 0 Å². The molecule has 0 aromatic carbocycles. The summed E-state index contributed by atoms with van der Waals surface area (Å²) in [5.74, 6) is 0. The molecule has 1 aromatic heterocycles. The zero-order chi connectivity index (χ0) is 12.1. The van der Waals surface area contributed by atoms with Gasteiger partial charge in [-0.3, -0.25) is 9.88 Å². The second-order valence-corrected chi connectivity index (χ2v) is 4.41. The van der Waals surface area contributed by atoms with Gasteiger partial charge in [-0.15, -0.1) is 0 Å². The maximum absolute atomic E-state index is 8.72. The van der Waals surface area contributed by atoms with E-state index in [9.17, 15) is 0 Å². The van der Waals surface area contributed by atoms with E-state index < -0.39 is 0 Å². The summed E-state index contributed by atoms with van der Waals surface area (Å²) in [5, 5.41) is 8.72. The van der Waals surface area contributed by atoms with Crippen LogP contribution in [-0.2, 0) is 0 Å². The summed E-state index contributed by atoms with van der Waals surface area (Å²) in [6.45, 7) is 1.40. The quantitative estimate of drug-likeness (QED) is 0.803. The molecule has 4 heteroatoms. The van der Waals surface area contributed by atoms with Crippen molar-refractivity contribution in [1.29, 1.82) is 5.26 Å². The van der Waals surface area contributed by atoms with Crippen LogP contribution in [-0.4, -0.2) is 29.0 Å². The van der Waals surface area contributed by atoms with Gasteiger partial charge in [0.15, 0.2) is 0 Å². The summed E-state index contributed by atoms with van der Waals surface area (Å²) in [4.78, 5) is 6.41. The Balaban J connectivity index is 2.11. The summed E-state index contributed by atoms with van der Waals surface area (Å²) in [5.41, 5.74) is 7.10. The first-order valence-electron chi connectivity index (χ1n) is 6.09. The average Bonchev–Trinajstić information content (AvgIpc) is 3.20. The van der Waals surface area contributed by atoms with Crippen molar-refractivity contribution >= 4 is 0 Å². The zero-order valence-electron chi connectivity index (χ0n) is 9.92. The molecular weight excluding hydrogens is 212 g/mol. The maximum atomic E-state index is 8.72. The second kappa shape index (κ2) is 5.76. The van der Waals surface area contributed by atoms with E-state index in [2.05, 4.69) is 16.0 Å². The molecule has 0 radical (unpaired) electrons. The molecule has 1 aliphatic rings. The average molecular weight is 230 g/mol. The summed E-state index contributed by atoms with van der Waals surface area (Å²) >= 11 is 0. The van der Waals surface area contributed by atoms with Gasteiger partial charge in [-0.2, -0.15) is 5.26 Å². The number of hydrogen-bond donors (Lipinski definition) is 1. The van der Waals surface area contributed by atoms with E-state index in [-0.39, 0.29) is 6.04 Å². The van der Waals surface area contributed by atoms with Crippen LogP contribution in [0.1, 0.15) is 30.9 Å². The van der Waals surface area contributed by atoms with Gasteiger partial charge in [0.2, 0.25) is 0 Å². The molecular formula is C13H18N4. The van der Waals surface area contributed by atoms with Crippen LogP contribution in [0.4, 0.5) is 0 Å². The standard InChI is InChI=1S/C13H18N4/c14-6-1-9-17(12-2-3-12)13(10-15)11-4-7-16-8-5-11/h4-5,7-8,12-13H,1-3,9-10,15H2. The van der Waals surface area contributed by atoms with Crippen LogP contribution in [0, 0.1) is 11.3 Å². The highest BCUT2D eigenvalue weighted by Gasteiger charge is 2.33. The number of rotatable bonds is 6. The van der Waals surface area contributed by atoms with Crippen molar-refractivity contribution in [2.75, 3.05) is 13.1 Å². The van der Waals surface area contributed by atoms with Gasteiger partial charge in [0.1, 0.15) is 0 Å². The van der Waals surface area contributed by atoms with Crippen molar-refractivity contribution < 1.29 is 0 Å². The van der Waals surface area contributed by atoms with Crippen LogP contribution in [0.2, 0.25) is 0 Å². The molecule has 2 N–H and O–H groups in total. The predicted octanol–water partition coefficient (Wildman–Crippen LogP) is 1.46. The Kier molecular flexibility index (Phi) is 4.08. The van der Waals surface area contributed by atoms with Crippen LogP contribution < -0.4 is 5.73 Å². The number of nitrogens with zero attached hydrogens (tertiary/aromatic N) is 3. The largest absolute Gasteiger partial charge is 0.329 e. The van der Waals surface area contributed by atoms with E-state index in [0.717, 1.165) is 6.54 Å². The number of pyridine rings is 1. The molecule has 1 aliphatic carbocycles. The van der Waals surface area contributed by atoms with Crippen LogP contribution in [0.3, 0.4) is 0 Å². The van der Waals surface area contributed by atoms with Gasteiger partial charge in [0.05, 0.1) is 6.07 Å². The molecule has 4 nitrogen and oxygen atoms in total. The van der Waals surface area contributed by atoms with Crippen LogP contribution in [0.25, 0.3) is 0 Å². The molecule has 2 rings (SSSR count). The SMILES string of the molecule is N#CCCN(C1CC1)C(CN)c1ccncc1. The van der Waals surface area contributed by atoms with Crippen molar-refractivity contribution in [3.8, 4) is 6.07 Å². The Morgan fingerprint density at radius 1 is 1.47 bits per heavy atom. The molecule has 1 saturated carbocycles. The minimum Gasteiger partial charge on any atom is -0.329 e. The third-order valence-electron chi connectivity index (χ3n) is 3.21. The Morgan fingerprint density at radius 2 is 2.18 bits per heavy atom. The Labute approximate surface area is 102 Å². The fraction of sp³-hybridized carbons (Fsp3) is 0.538. The summed E-state index contributed by atoms with van der Waals surface area (Å²) < 4.78 is 0. The molecule has 0 bridgehead atoms. The van der Waals surface area contributed by atoms with E-state index in [1.807, 2.05) is 12.1 Å². The molecule has 1 atom stereocenters. The number of nitrogens with two attached hydrogens (primary N) is 1. The molecule has 0 aliphatic heterocycles. The third-order valence-corrected chi connectivity index (χ3v) is 3.21. The Bertz CT molecular complexity index is 380. The summed E-state index contributed by atoms with van der Waals surface area (Å²) in [7, 11) is 0. The highest BCUT2D eigenvalue weighted by molar-refractivity contribution is 5.16. The predicted molar refractivity (Wildman–Crippen MR) is 66.0 cm³/mol. The molecule has 1 aromatic rings. The fourth-order valence-electron chi connectivity index (χ4n) is 2.23. The van der Waals surface area contributed by atoms with Gasteiger partial charge in [0, 0.05) is 44.0 Å². The lowest BCUT2D eigenvalue weighted by Crippen LogP contribution is -2.36. The first-order chi connectivity index (χ1) is 8.36.